The van der Waals surface area contributed by atoms with E-state index in [0.717, 1.165) is 0 Å². The Morgan fingerprint density at radius 3 is 2.50 bits per heavy atom. The predicted octanol–water partition coefficient (Wildman–Crippen LogP) is 2.73. The van der Waals surface area contributed by atoms with E-state index in [1.165, 1.54) is 12.1 Å². The van der Waals surface area contributed by atoms with Gasteiger partial charge in [0.1, 0.15) is 0 Å². The number of nitrogens with zero attached hydrogens (tertiary/aromatic N) is 1. The van der Waals surface area contributed by atoms with Crippen LogP contribution in [0.15, 0.2) is 12.3 Å². The molecule has 0 radical (unpaired) electrons. The molecule has 1 saturated heterocycles. The zero-order valence-electron chi connectivity index (χ0n) is 8.50. The monoisotopic (exact) mass is 185 g/mol. The van der Waals surface area contributed by atoms with Crippen molar-refractivity contribution in [1.82, 2.24) is 4.90 Å². The van der Waals surface area contributed by atoms with Gasteiger partial charge in [0, 0.05) is 24.0 Å². The van der Waals surface area contributed by atoms with Gasteiger partial charge in [0.2, 0.25) is 0 Å². The SMILES string of the molecule is C=C1C(SC(C)C)CC(C)N1C. The van der Waals surface area contributed by atoms with Crippen LogP contribution in [0.5, 0.6) is 0 Å². The van der Waals surface area contributed by atoms with Gasteiger partial charge in [-0.25, -0.2) is 0 Å². The molecule has 0 spiro atoms. The molecular weight excluding hydrogens is 166 g/mol. The van der Waals surface area contributed by atoms with E-state index in [9.17, 15) is 0 Å². The van der Waals surface area contributed by atoms with E-state index >= 15 is 0 Å². The molecule has 1 fully saturated rings. The highest BCUT2D eigenvalue weighted by molar-refractivity contribution is 8.00. The van der Waals surface area contributed by atoms with Crippen molar-refractivity contribution < 1.29 is 0 Å². The normalized spacial score (nSPS) is 30.4. The van der Waals surface area contributed by atoms with Crippen LogP contribution in [0.3, 0.4) is 0 Å². The Labute approximate surface area is 80.2 Å². The van der Waals surface area contributed by atoms with Crippen LogP contribution in [-0.4, -0.2) is 28.5 Å². The third kappa shape index (κ3) is 1.98. The molecule has 0 aromatic heterocycles. The van der Waals surface area contributed by atoms with Crippen LogP contribution in [-0.2, 0) is 0 Å². The van der Waals surface area contributed by atoms with Gasteiger partial charge in [0.25, 0.3) is 0 Å². The predicted molar refractivity (Wildman–Crippen MR) is 57.5 cm³/mol. The van der Waals surface area contributed by atoms with Gasteiger partial charge in [0.05, 0.1) is 0 Å². The molecule has 1 heterocycles. The van der Waals surface area contributed by atoms with Crippen molar-refractivity contribution in [2.45, 2.75) is 43.7 Å². The lowest BCUT2D eigenvalue weighted by atomic mass is 10.2. The molecule has 2 heteroatoms. The van der Waals surface area contributed by atoms with Gasteiger partial charge in [-0.15, -0.1) is 11.8 Å². The van der Waals surface area contributed by atoms with Crippen LogP contribution in [0.4, 0.5) is 0 Å². The van der Waals surface area contributed by atoms with E-state index in [0.29, 0.717) is 16.5 Å². The lowest BCUT2D eigenvalue weighted by molar-refractivity contribution is 0.377. The Hall–Kier alpha value is -0.110. The van der Waals surface area contributed by atoms with Gasteiger partial charge in [-0.1, -0.05) is 20.4 Å². The number of likely N-dealkylation sites (tertiary alicyclic amines) is 1. The molecule has 1 rings (SSSR count). The standard InChI is InChI=1S/C10H19NS/c1-7(2)12-10-6-8(3)11(5)9(10)4/h7-8,10H,4,6H2,1-3,5H3. The molecule has 0 N–H and O–H groups in total. The highest BCUT2D eigenvalue weighted by Crippen LogP contribution is 2.35. The minimum Gasteiger partial charge on any atom is -0.375 e. The Kier molecular flexibility index (Phi) is 3.10. The molecule has 0 aromatic rings. The summed E-state index contributed by atoms with van der Waals surface area (Å²) < 4.78 is 0. The molecule has 2 atom stereocenters. The molecule has 0 aliphatic carbocycles. The highest BCUT2D eigenvalue weighted by atomic mass is 32.2. The van der Waals surface area contributed by atoms with Crippen LogP contribution < -0.4 is 0 Å². The Balaban J connectivity index is 2.53. The first kappa shape index (κ1) is 9.97. The molecule has 0 amide bonds. The van der Waals surface area contributed by atoms with Crippen LogP contribution in [0, 0.1) is 0 Å². The van der Waals surface area contributed by atoms with Crippen molar-refractivity contribution >= 4 is 11.8 Å². The summed E-state index contributed by atoms with van der Waals surface area (Å²) in [7, 11) is 2.15. The van der Waals surface area contributed by atoms with Gasteiger partial charge in [-0.2, -0.15) is 0 Å². The molecule has 1 nitrogen and oxygen atoms in total. The van der Waals surface area contributed by atoms with Crippen LogP contribution in [0.25, 0.3) is 0 Å². The van der Waals surface area contributed by atoms with Gasteiger partial charge < -0.3 is 4.90 Å². The third-order valence-corrected chi connectivity index (χ3v) is 3.81. The molecule has 0 aromatic carbocycles. The average Bonchev–Trinajstić information content (AvgIpc) is 2.17. The Bertz CT molecular complexity index is 175. The van der Waals surface area contributed by atoms with E-state index in [1.54, 1.807) is 0 Å². The van der Waals surface area contributed by atoms with Crippen molar-refractivity contribution in [1.29, 1.82) is 0 Å². The van der Waals surface area contributed by atoms with Gasteiger partial charge in [-0.3, -0.25) is 0 Å². The fourth-order valence-electron chi connectivity index (χ4n) is 1.58. The summed E-state index contributed by atoms with van der Waals surface area (Å²) in [6.07, 6.45) is 1.26. The van der Waals surface area contributed by atoms with E-state index in [4.69, 9.17) is 0 Å². The zero-order chi connectivity index (χ0) is 9.30. The van der Waals surface area contributed by atoms with E-state index in [1.807, 2.05) is 11.8 Å². The minimum absolute atomic E-state index is 0.657. The maximum Gasteiger partial charge on any atom is 0.0462 e. The summed E-state index contributed by atoms with van der Waals surface area (Å²) in [5.41, 5.74) is 1.31. The number of rotatable bonds is 2. The quantitative estimate of drug-likeness (QED) is 0.651. The summed E-state index contributed by atoms with van der Waals surface area (Å²) in [5, 5.41) is 1.37. The zero-order valence-corrected chi connectivity index (χ0v) is 9.32. The molecule has 0 bridgehead atoms. The van der Waals surface area contributed by atoms with Gasteiger partial charge in [0.15, 0.2) is 0 Å². The highest BCUT2D eigenvalue weighted by Gasteiger charge is 2.30. The smallest absolute Gasteiger partial charge is 0.0462 e. The topological polar surface area (TPSA) is 3.24 Å². The maximum absolute atomic E-state index is 4.13. The summed E-state index contributed by atoms with van der Waals surface area (Å²) >= 11 is 2.04. The lowest BCUT2D eigenvalue weighted by Crippen LogP contribution is -2.19. The molecule has 1 aliphatic rings. The first-order chi connectivity index (χ1) is 5.52. The van der Waals surface area contributed by atoms with Crippen molar-refractivity contribution in [2.75, 3.05) is 7.05 Å². The molecule has 2 unspecified atom stereocenters. The second kappa shape index (κ2) is 3.73. The van der Waals surface area contributed by atoms with Crippen LogP contribution in [0.1, 0.15) is 27.2 Å². The van der Waals surface area contributed by atoms with E-state index < -0.39 is 0 Å². The van der Waals surface area contributed by atoms with Crippen molar-refractivity contribution in [3.63, 3.8) is 0 Å². The van der Waals surface area contributed by atoms with E-state index in [-0.39, 0.29) is 0 Å². The second-order valence-corrected chi connectivity index (χ2v) is 5.64. The Morgan fingerprint density at radius 2 is 2.17 bits per heavy atom. The van der Waals surface area contributed by atoms with Crippen molar-refractivity contribution in [3.8, 4) is 0 Å². The first-order valence-electron chi connectivity index (χ1n) is 4.59. The molecule has 0 saturated carbocycles. The van der Waals surface area contributed by atoms with Crippen LogP contribution >= 0.6 is 11.8 Å². The summed E-state index contributed by atoms with van der Waals surface area (Å²) in [4.78, 5) is 2.31. The summed E-state index contributed by atoms with van der Waals surface area (Å²) in [6, 6.07) is 0.675. The average molecular weight is 185 g/mol. The molecule has 1 aliphatic heterocycles. The maximum atomic E-state index is 4.13. The molecular formula is C10H19NS. The fraction of sp³-hybridized carbons (Fsp3) is 0.800. The van der Waals surface area contributed by atoms with E-state index in [2.05, 4.69) is 39.3 Å². The molecule has 12 heavy (non-hydrogen) atoms. The lowest BCUT2D eigenvalue weighted by Gasteiger charge is -2.19. The first-order valence-corrected chi connectivity index (χ1v) is 5.53. The minimum atomic E-state index is 0.657. The van der Waals surface area contributed by atoms with Gasteiger partial charge >= 0.3 is 0 Å². The van der Waals surface area contributed by atoms with Gasteiger partial charge in [-0.05, 0) is 18.6 Å². The second-order valence-electron chi connectivity index (χ2n) is 3.86. The number of thioether (sulfide) groups is 1. The summed E-state index contributed by atoms with van der Waals surface area (Å²) in [5.74, 6) is 0. The van der Waals surface area contributed by atoms with Crippen LogP contribution in [0.2, 0.25) is 0 Å². The Morgan fingerprint density at radius 1 is 1.58 bits per heavy atom. The van der Waals surface area contributed by atoms with Crippen molar-refractivity contribution in [3.05, 3.63) is 12.3 Å². The summed E-state index contributed by atoms with van der Waals surface area (Å²) in [6.45, 7) is 10.9. The molecule has 70 valence electrons. The number of hydrogen-bond acceptors (Lipinski definition) is 2. The number of hydrogen-bond donors (Lipinski definition) is 0. The fourth-order valence-corrected chi connectivity index (χ4v) is 2.95. The van der Waals surface area contributed by atoms with Crippen molar-refractivity contribution in [2.24, 2.45) is 0 Å². The largest absolute Gasteiger partial charge is 0.375 e. The third-order valence-electron chi connectivity index (χ3n) is 2.48.